The summed E-state index contributed by atoms with van der Waals surface area (Å²) < 4.78 is 15.4. The molecule has 1 heterocycles. The first-order chi connectivity index (χ1) is 17.4. The lowest BCUT2D eigenvalue weighted by Crippen LogP contribution is -2.46. The number of nitrogen functional groups attached to an aromatic ring is 1. The summed E-state index contributed by atoms with van der Waals surface area (Å²) in [7, 11) is 1.72. The van der Waals surface area contributed by atoms with Crippen LogP contribution in [-0.2, 0) is 16.0 Å². The van der Waals surface area contributed by atoms with Gasteiger partial charge in [-0.1, -0.05) is 23.2 Å². The molecule has 1 aliphatic carbocycles. The molecule has 1 aliphatic rings. The monoisotopic (exact) mass is 569 g/mol. The van der Waals surface area contributed by atoms with Crippen LogP contribution < -0.4 is 16.4 Å². The molecule has 9 nitrogen and oxygen atoms in total. The number of hydrogen-bond donors (Lipinski definition) is 3. The van der Waals surface area contributed by atoms with E-state index in [9.17, 15) is 9.59 Å². The van der Waals surface area contributed by atoms with E-state index >= 15 is 0 Å². The van der Waals surface area contributed by atoms with E-state index in [1.165, 1.54) is 11.5 Å². The number of ether oxygens (including phenoxy) is 2. The van der Waals surface area contributed by atoms with Gasteiger partial charge in [0.15, 0.2) is 0 Å². The molecule has 0 radical (unpaired) electrons. The third-order valence-corrected chi connectivity index (χ3v) is 7.31. The van der Waals surface area contributed by atoms with Gasteiger partial charge in [0, 0.05) is 17.9 Å². The van der Waals surface area contributed by atoms with Crippen LogP contribution in [0.1, 0.15) is 78.9 Å². The highest BCUT2D eigenvalue weighted by molar-refractivity contribution is 7.06. The SMILES string of the molecule is COC1CCC(c2nsc(C)c2C(=O)NC(=NCc2cc(Cl)c(N)c(Cl)c2)NC(=O)OC(C)(C)C)CC1. The predicted octanol–water partition coefficient (Wildman–Crippen LogP) is 5.82. The molecule has 202 valence electrons. The molecule has 4 N–H and O–H groups in total. The van der Waals surface area contributed by atoms with Crippen LogP contribution in [0.4, 0.5) is 10.5 Å². The van der Waals surface area contributed by atoms with Gasteiger partial charge in [-0.15, -0.1) is 0 Å². The Morgan fingerprint density at radius 1 is 1.16 bits per heavy atom. The first-order valence-corrected chi connectivity index (χ1v) is 13.5. The molecule has 0 bridgehead atoms. The van der Waals surface area contributed by atoms with Crippen molar-refractivity contribution in [1.29, 1.82) is 0 Å². The molecule has 0 saturated heterocycles. The van der Waals surface area contributed by atoms with Crippen molar-refractivity contribution >= 4 is 58.4 Å². The number of aryl methyl sites for hydroxylation is 1. The van der Waals surface area contributed by atoms with Crippen LogP contribution in [0.15, 0.2) is 17.1 Å². The van der Waals surface area contributed by atoms with E-state index in [2.05, 4.69) is 20.0 Å². The molecule has 3 rings (SSSR count). The molecule has 37 heavy (non-hydrogen) atoms. The largest absolute Gasteiger partial charge is 0.444 e. The van der Waals surface area contributed by atoms with Gasteiger partial charge in [-0.05, 0) is 82.6 Å². The first kappa shape index (κ1) is 29.2. The fraction of sp³-hybridized carbons (Fsp3) is 0.520. The van der Waals surface area contributed by atoms with E-state index in [0.717, 1.165) is 36.3 Å². The molecular formula is C25H33Cl2N5O4S. The number of nitrogens with one attached hydrogen (secondary N) is 2. The van der Waals surface area contributed by atoms with Crippen molar-refractivity contribution in [3.05, 3.63) is 43.9 Å². The Morgan fingerprint density at radius 2 is 1.78 bits per heavy atom. The average Bonchev–Trinajstić information content (AvgIpc) is 3.21. The summed E-state index contributed by atoms with van der Waals surface area (Å²) in [5, 5.41) is 5.86. The number of rotatable bonds is 5. The minimum absolute atomic E-state index is 0.0667. The highest BCUT2D eigenvalue weighted by Gasteiger charge is 2.30. The number of carbonyl (C=O) groups excluding carboxylic acids is 2. The topological polar surface area (TPSA) is 128 Å². The second-order valence-electron chi connectivity index (χ2n) is 9.93. The van der Waals surface area contributed by atoms with Gasteiger partial charge in [0.2, 0.25) is 5.96 Å². The van der Waals surface area contributed by atoms with Gasteiger partial charge in [0.1, 0.15) is 5.60 Å². The maximum absolute atomic E-state index is 13.5. The van der Waals surface area contributed by atoms with Crippen molar-refractivity contribution in [3.63, 3.8) is 0 Å². The van der Waals surface area contributed by atoms with Crippen LogP contribution in [0.25, 0.3) is 0 Å². The van der Waals surface area contributed by atoms with Crippen LogP contribution in [0.2, 0.25) is 10.0 Å². The Balaban J connectivity index is 1.84. The van der Waals surface area contributed by atoms with Crippen molar-refractivity contribution in [3.8, 4) is 0 Å². The van der Waals surface area contributed by atoms with Gasteiger partial charge in [-0.2, -0.15) is 4.37 Å². The molecule has 0 unspecified atom stereocenters. The van der Waals surface area contributed by atoms with Gasteiger partial charge < -0.3 is 15.2 Å². The number of amides is 2. The Hall–Kier alpha value is -2.40. The molecule has 1 fully saturated rings. The summed E-state index contributed by atoms with van der Waals surface area (Å²) in [6.45, 7) is 7.15. The number of methoxy groups -OCH3 is 1. The van der Waals surface area contributed by atoms with Crippen molar-refractivity contribution in [2.75, 3.05) is 12.8 Å². The lowest BCUT2D eigenvalue weighted by atomic mass is 9.83. The molecule has 1 aromatic carbocycles. The van der Waals surface area contributed by atoms with Crippen LogP contribution in [0.3, 0.4) is 0 Å². The summed E-state index contributed by atoms with van der Waals surface area (Å²) in [5.74, 6) is -0.309. The van der Waals surface area contributed by atoms with E-state index in [1.807, 2.05) is 6.92 Å². The Morgan fingerprint density at radius 3 is 2.35 bits per heavy atom. The average molecular weight is 571 g/mol. The zero-order chi connectivity index (χ0) is 27.3. The first-order valence-electron chi connectivity index (χ1n) is 12.0. The van der Waals surface area contributed by atoms with Crippen LogP contribution in [0, 0.1) is 6.92 Å². The van der Waals surface area contributed by atoms with Gasteiger partial charge in [0.05, 0.1) is 39.6 Å². The lowest BCUT2D eigenvalue weighted by Gasteiger charge is -2.27. The van der Waals surface area contributed by atoms with Crippen molar-refractivity contribution < 1.29 is 19.1 Å². The smallest absolute Gasteiger partial charge is 0.414 e. The van der Waals surface area contributed by atoms with Gasteiger partial charge in [-0.3, -0.25) is 15.4 Å². The van der Waals surface area contributed by atoms with E-state index < -0.39 is 17.6 Å². The number of nitrogens with zero attached hydrogens (tertiary/aromatic N) is 2. The highest BCUT2D eigenvalue weighted by atomic mass is 35.5. The number of carbonyl (C=O) groups is 2. The number of hydrogen-bond acceptors (Lipinski definition) is 8. The van der Waals surface area contributed by atoms with Crippen molar-refractivity contribution in [1.82, 2.24) is 15.0 Å². The highest BCUT2D eigenvalue weighted by Crippen LogP contribution is 2.36. The third kappa shape index (κ3) is 8.04. The molecule has 1 aromatic heterocycles. The quantitative estimate of drug-likeness (QED) is 0.236. The van der Waals surface area contributed by atoms with E-state index in [4.69, 9.17) is 38.4 Å². The number of guanidine groups is 1. The number of benzene rings is 1. The minimum atomic E-state index is -0.752. The number of nitrogens with two attached hydrogens (primary N) is 1. The zero-order valence-corrected chi connectivity index (χ0v) is 23.9. The normalized spacial score (nSPS) is 18.4. The number of aliphatic imine (C=N–C) groups is 1. The number of alkyl carbamates (subject to hydrolysis) is 1. The maximum atomic E-state index is 13.5. The summed E-state index contributed by atoms with van der Waals surface area (Å²) in [4.78, 5) is 31.1. The Kier molecular flexibility index (Phi) is 9.80. The summed E-state index contributed by atoms with van der Waals surface area (Å²) in [6, 6.07) is 3.25. The molecule has 2 aromatic rings. The standard InChI is InChI=1S/C25H33Cl2N5O4S/c1-13-19(21(32-37-13)15-6-8-16(35-5)9-7-15)22(33)30-23(31-24(34)36-25(2,3)4)29-12-14-10-17(26)20(28)18(27)11-14/h10-11,15-16H,6-9,12,28H2,1-5H3,(H2,29,30,31,33,34). The molecule has 12 heteroatoms. The number of halogens is 2. The molecule has 0 aliphatic heterocycles. The van der Waals surface area contributed by atoms with Crippen LogP contribution in [0.5, 0.6) is 0 Å². The summed E-state index contributed by atoms with van der Waals surface area (Å²) in [6.07, 6.45) is 3.09. The molecule has 2 amide bonds. The van der Waals surface area contributed by atoms with Crippen LogP contribution >= 0.6 is 34.7 Å². The van der Waals surface area contributed by atoms with Crippen molar-refractivity contribution in [2.45, 2.75) is 77.5 Å². The van der Waals surface area contributed by atoms with E-state index in [-0.39, 0.29) is 40.3 Å². The van der Waals surface area contributed by atoms with E-state index in [1.54, 1.807) is 40.0 Å². The zero-order valence-electron chi connectivity index (χ0n) is 21.6. The van der Waals surface area contributed by atoms with Crippen LogP contribution in [-0.4, -0.2) is 41.1 Å². The van der Waals surface area contributed by atoms with E-state index in [0.29, 0.717) is 11.1 Å². The number of aromatic nitrogens is 1. The van der Waals surface area contributed by atoms with Gasteiger partial charge in [-0.25, -0.2) is 9.79 Å². The fourth-order valence-electron chi connectivity index (χ4n) is 4.10. The summed E-state index contributed by atoms with van der Waals surface area (Å²) in [5.41, 5.74) is 7.26. The molecule has 0 atom stereocenters. The third-order valence-electron chi connectivity index (χ3n) is 5.92. The number of anilines is 1. The lowest BCUT2D eigenvalue weighted by molar-refractivity contribution is 0.0561. The molecule has 0 spiro atoms. The maximum Gasteiger partial charge on any atom is 0.414 e. The van der Waals surface area contributed by atoms with Gasteiger partial charge >= 0.3 is 6.09 Å². The van der Waals surface area contributed by atoms with Crippen molar-refractivity contribution in [2.24, 2.45) is 4.99 Å². The second-order valence-corrected chi connectivity index (χ2v) is 11.7. The molecular weight excluding hydrogens is 537 g/mol. The Labute approximate surface area is 231 Å². The fourth-order valence-corrected chi connectivity index (χ4v) is 5.39. The second kappa shape index (κ2) is 12.4. The Bertz CT molecular complexity index is 1150. The molecule has 1 saturated carbocycles. The minimum Gasteiger partial charge on any atom is -0.444 e. The van der Waals surface area contributed by atoms with Gasteiger partial charge in [0.25, 0.3) is 5.91 Å². The summed E-state index contributed by atoms with van der Waals surface area (Å²) >= 11 is 13.6. The predicted molar refractivity (Wildman–Crippen MR) is 148 cm³/mol.